The van der Waals surface area contributed by atoms with E-state index in [1.54, 1.807) is 38.5 Å². The van der Waals surface area contributed by atoms with E-state index in [-0.39, 0.29) is 0 Å². The highest BCUT2D eigenvalue weighted by molar-refractivity contribution is 5.69. The molecule has 0 aliphatic carbocycles. The molecule has 0 N–H and O–H groups in total. The Morgan fingerprint density at radius 2 is 0.893 bits per heavy atom. The van der Waals surface area contributed by atoms with Gasteiger partial charge in [-0.2, -0.15) is 0 Å². The van der Waals surface area contributed by atoms with Crippen LogP contribution in [0, 0.1) is 13.1 Å². The van der Waals surface area contributed by atoms with Crippen LogP contribution >= 0.6 is 0 Å². The maximum Gasteiger partial charge on any atom is 0.194 e. The van der Waals surface area contributed by atoms with Crippen molar-refractivity contribution in [2.24, 2.45) is 0 Å². The zero-order chi connectivity index (χ0) is 22.8. The molecule has 156 valence electrons. The van der Waals surface area contributed by atoms with Gasteiger partial charge < -0.3 is 9.47 Å². The molecule has 0 aromatic heterocycles. The zero-order valence-corrected chi connectivity index (χ0v) is 17.5. The van der Waals surface area contributed by atoms with E-state index in [1.165, 1.54) is 0 Å². The second-order valence-corrected chi connectivity index (χ2v) is 3.59. The molecule has 0 saturated carbocycles. The van der Waals surface area contributed by atoms with Gasteiger partial charge in [0.25, 0.3) is 0 Å². The minimum atomic E-state index is 0.428. The molecule has 0 aliphatic heterocycles. The summed E-state index contributed by atoms with van der Waals surface area (Å²) < 4.78 is 35.4. The van der Waals surface area contributed by atoms with E-state index in [0.29, 0.717) is 18.6 Å². The van der Waals surface area contributed by atoms with E-state index in [1.807, 2.05) is 52.0 Å². The smallest absolute Gasteiger partial charge is 0.194 e. The lowest BCUT2D eigenvalue weighted by Crippen LogP contribution is -1.83. The van der Waals surface area contributed by atoms with Gasteiger partial charge in [-0.25, -0.2) is 0 Å². The van der Waals surface area contributed by atoms with Crippen molar-refractivity contribution in [3.05, 3.63) is 71.4 Å². The Bertz CT molecular complexity index is 581. The van der Waals surface area contributed by atoms with E-state index in [9.17, 15) is 4.39 Å². The third-order valence-electron chi connectivity index (χ3n) is 2.42. The summed E-state index contributed by atoms with van der Waals surface area (Å²) >= 11 is 0. The first kappa shape index (κ1) is 32.5. The first-order valence-electron chi connectivity index (χ1n) is 8.29. The molecule has 0 amide bonds. The van der Waals surface area contributed by atoms with Gasteiger partial charge in [0.15, 0.2) is 11.4 Å². The average Bonchev–Trinajstić information content (AvgIpc) is 2.84. The van der Waals surface area contributed by atoms with Crippen LogP contribution in [0.25, 0.3) is 9.69 Å². The van der Waals surface area contributed by atoms with E-state index in [4.69, 9.17) is 31.8 Å². The number of halogens is 3. The van der Waals surface area contributed by atoms with Crippen molar-refractivity contribution in [3.63, 3.8) is 0 Å². The molecule has 2 aromatic carbocycles. The number of para-hydroxylation sites is 2. The van der Waals surface area contributed by atoms with E-state index >= 15 is 0 Å². The van der Waals surface area contributed by atoms with E-state index in [2.05, 4.69) is 9.69 Å². The van der Waals surface area contributed by atoms with Crippen LogP contribution < -0.4 is 9.47 Å². The molecule has 28 heavy (non-hydrogen) atoms. The van der Waals surface area contributed by atoms with Crippen molar-refractivity contribution in [1.29, 1.82) is 0 Å². The SMILES string of the molecule is CC.CC.CF.COc1ccc(OC)cc1.FF.[C-]#[N+]c1ccccc1[N+]#[C-]. The first-order valence-corrected chi connectivity index (χ1v) is 8.29. The maximum atomic E-state index is 9.50. The quantitative estimate of drug-likeness (QED) is 0.480. The lowest BCUT2D eigenvalue weighted by Gasteiger charge is -2.00. The fourth-order valence-electron chi connectivity index (χ4n) is 1.37. The number of alkyl halides is 1. The predicted octanol–water partition coefficient (Wildman–Crippen LogP) is 7.97. The molecule has 2 aromatic rings. The van der Waals surface area contributed by atoms with Crippen molar-refractivity contribution in [1.82, 2.24) is 0 Å². The molecule has 7 heteroatoms. The fraction of sp³-hybridized carbons (Fsp3) is 0.333. The topological polar surface area (TPSA) is 27.2 Å². The average molecular weight is 398 g/mol. The molecule has 0 unspecified atom stereocenters. The van der Waals surface area contributed by atoms with Crippen LogP contribution in [0.2, 0.25) is 0 Å². The van der Waals surface area contributed by atoms with E-state index in [0.717, 1.165) is 11.5 Å². The third-order valence-corrected chi connectivity index (χ3v) is 2.42. The summed E-state index contributed by atoms with van der Waals surface area (Å²) in [5, 5.41) is 0. The summed E-state index contributed by atoms with van der Waals surface area (Å²) in [4.78, 5) is 6.36. The van der Waals surface area contributed by atoms with Crippen molar-refractivity contribution in [3.8, 4) is 11.5 Å². The molecule has 0 fully saturated rings. The minimum Gasteiger partial charge on any atom is -0.497 e. The van der Waals surface area contributed by atoms with Crippen molar-refractivity contribution in [2.75, 3.05) is 21.4 Å². The molecule has 0 radical (unpaired) electrons. The predicted molar refractivity (Wildman–Crippen MR) is 110 cm³/mol. The molecular weight excluding hydrogens is 369 g/mol. The number of nitrogens with zero attached hydrogens (tertiary/aromatic N) is 2. The molecule has 0 bridgehead atoms. The summed E-state index contributed by atoms with van der Waals surface area (Å²) in [5.41, 5.74) is 0.856. The number of hydrogen-bond acceptors (Lipinski definition) is 2. The van der Waals surface area contributed by atoms with Crippen LogP contribution in [0.5, 0.6) is 11.5 Å². The Morgan fingerprint density at radius 1 is 0.643 bits per heavy atom. The van der Waals surface area contributed by atoms with Crippen molar-refractivity contribution in [2.45, 2.75) is 27.7 Å². The highest BCUT2D eigenvalue weighted by Gasteiger charge is 1.96. The molecule has 0 spiro atoms. The summed E-state index contributed by atoms with van der Waals surface area (Å²) in [6.45, 7) is 21.3. The summed E-state index contributed by atoms with van der Waals surface area (Å²) in [6, 6.07) is 14.2. The van der Waals surface area contributed by atoms with Gasteiger partial charge >= 0.3 is 0 Å². The molecule has 0 aliphatic rings. The standard InChI is InChI=1S/C8H4N2.C8H10O2.2C2H6.CH3F.F2/c1-9-7-5-3-4-6-8(7)10-2;1-9-7-3-5-8(10-2)6-4-7;4*1-2/h3-6H;3-6H,1-2H3;2*1-2H3;1H3;. The lowest BCUT2D eigenvalue weighted by atomic mass is 10.3. The molecule has 0 atom stereocenters. The van der Waals surface area contributed by atoms with Gasteiger partial charge in [0.2, 0.25) is 0 Å². The summed E-state index contributed by atoms with van der Waals surface area (Å²) in [7, 11) is 3.78. The fourth-order valence-corrected chi connectivity index (χ4v) is 1.37. The van der Waals surface area contributed by atoms with Gasteiger partial charge in [-0.15, -0.1) is 0 Å². The van der Waals surface area contributed by atoms with Gasteiger partial charge in [0, 0.05) is 9.15 Å². The number of rotatable bonds is 2. The van der Waals surface area contributed by atoms with Crippen LogP contribution in [0.1, 0.15) is 27.7 Å². The minimum absolute atomic E-state index is 0.428. The van der Waals surface area contributed by atoms with Crippen LogP contribution in [0.4, 0.5) is 24.9 Å². The Labute approximate surface area is 167 Å². The summed E-state index contributed by atoms with van der Waals surface area (Å²) in [6.07, 6.45) is 0. The van der Waals surface area contributed by atoms with Crippen molar-refractivity contribution < 1.29 is 23.0 Å². The van der Waals surface area contributed by atoms with Crippen LogP contribution in [-0.2, 0) is 0 Å². The Morgan fingerprint density at radius 3 is 1.07 bits per heavy atom. The third kappa shape index (κ3) is 16.3. The zero-order valence-electron chi connectivity index (χ0n) is 17.5. The summed E-state index contributed by atoms with van der Waals surface area (Å²) in [5.74, 6) is 1.70. The molecule has 4 nitrogen and oxygen atoms in total. The monoisotopic (exact) mass is 398 g/mol. The largest absolute Gasteiger partial charge is 0.497 e. The van der Waals surface area contributed by atoms with Crippen molar-refractivity contribution >= 4 is 11.4 Å². The van der Waals surface area contributed by atoms with Crippen LogP contribution in [0.15, 0.2) is 48.5 Å². The number of hydrogen-bond donors (Lipinski definition) is 0. The maximum absolute atomic E-state index is 9.50. The lowest BCUT2D eigenvalue weighted by molar-refractivity contribution is 0.108. The second kappa shape index (κ2) is 28.6. The molecule has 0 heterocycles. The second-order valence-electron chi connectivity index (χ2n) is 3.59. The van der Waals surface area contributed by atoms with E-state index < -0.39 is 0 Å². The Hall–Kier alpha value is -3.19. The van der Waals surface area contributed by atoms with Gasteiger partial charge in [-0.1, -0.05) is 52.0 Å². The Balaban J connectivity index is -0.000000152. The normalized spacial score (nSPS) is 6.86. The molecule has 0 saturated heterocycles. The Kier molecular flexibility index (Phi) is 33.2. The van der Waals surface area contributed by atoms with Gasteiger partial charge in [0.05, 0.1) is 34.5 Å². The molecular formula is C21H29F3N2O2. The van der Waals surface area contributed by atoms with Crippen LogP contribution in [-0.4, -0.2) is 21.4 Å². The van der Waals surface area contributed by atoms with Crippen LogP contribution in [0.3, 0.4) is 0 Å². The number of benzene rings is 2. The number of ether oxygens (including phenoxy) is 2. The number of methoxy groups -OCH3 is 2. The molecule has 2 rings (SSSR count). The first-order chi connectivity index (χ1) is 13.7. The highest BCUT2D eigenvalue weighted by Crippen LogP contribution is 2.26. The highest BCUT2D eigenvalue weighted by atomic mass is 20.0. The van der Waals surface area contributed by atoms with Gasteiger partial charge in [-0.05, 0) is 24.3 Å². The van der Waals surface area contributed by atoms with Gasteiger partial charge in [-0.3, -0.25) is 14.1 Å². The van der Waals surface area contributed by atoms with Gasteiger partial charge in [0.1, 0.15) is 11.5 Å².